The number of rotatable bonds is 4. The van der Waals surface area contributed by atoms with Gasteiger partial charge in [0.1, 0.15) is 23.0 Å². The maximum atomic E-state index is 13.9. The van der Waals surface area contributed by atoms with Gasteiger partial charge in [0.25, 0.3) is 11.8 Å². The molecule has 4 aromatic carbocycles. The minimum Gasteiger partial charge on any atom is -0.508 e. The van der Waals surface area contributed by atoms with Crippen LogP contribution in [-0.4, -0.2) is 44.3 Å². The molecule has 0 fully saturated rings. The zero-order valence-corrected chi connectivity index (χ0v) is 26.8. The number of carbonyl (C=O) groups excluding carboxylic acids is 2. The molecular formula is C38H40N2O6. The van der Waals surface area contributed by atoms with E-state index in [0.29, 0.717) is 11.1 Å². The zero-order chi connectivity index (χ0) is 33.3. The number of benzene rings is 4. The lowest BCUT2D eigenvalue weighted by atomic mass is 9.59. The predicted molar refractivity (Wildman–Crippen MR) is 176 cm³/mol. The fourth-order valence-corrected chi connectivity index (χ4v) is 7.20. The molecule has 8 heteroatoms. The first-order valence-corrected chi connectivity index (χ1v) is 15.5. The Hall–Kier alpha value is -4.98. The average molecular weight is 621 g/mol. The molecule has 2 amide bonds. The third-order valence-electron chi connectivity index (χ3n) is 9.37. The van der Waals surface area contributed by atoms with Crippen LogP contribution >= 0.6 is 0 Å². The molecule has 0 heterocycles. The Bertz CT molecular complexity index is 1700. The van der Waals surface area contributed by atoms with Gasteiger partial charge in [0, 0.05) is 23.0 Å². The van der Waals surface area contributed by atoms with Gasteiger partial charge in [-0.3, -0.25) is 9.59 Å². The van der Waals surface area contributed by atoms with Crippen molar-refractivity contribution in [3.8, 4) is 23.0 Å². The Morgan fingerprint density at radius 2 is 0.826 bits per heavy atom. The van der Waals surface area contributed by atoms with Crippen LogP contribution in [0, 0.1) is 0 Å². The summed E-state index contributed by atoms with van der Waals surface area (Å²) < 4.78 is 0. The SMILES string of the molecule is CC(C)(C)c1cc(O)c(C(=O)N[C@H]2C3c4ccccc4C(c4ccccc43)[C@@H]2NC(=O)c2cc(O)c(C(C)(C)C)cc2O)cc1O. The Balaban J connectivity index is 1.43. The van der Waals surface area contributed by atoms with Crippen molar-refractivity contribution in [3.63, 3.8) is 0 Å². The van der Waals surface area contributed by atoms with Crippen LogP contribution in [0.2, 0.25) is 0 Å². The van der Waals surface area contributed by atoms with Crippen molar-refractivity contribution in [1.82, 2.24) is 10.6 Å². The van der Waals surface area contributed by atoms with E-state index in [0.717, 1.165) is 22.3 Å². The van der Waals surface area contributed by atoms with Crippen LogP contribution in [0.5, 0.6) is 23.0 Å². The third-order valence-corrected chi connectivity index (χ3v) is 9.37. The summed E-state index contributed by atoms with van der Waals surface area (Å²) in [5.74, 6) is -2.62. The highest BCUT2D eigenvalue weighted by Crippen LogP contribution is 2.53. The van der Waals surface area contributed by atoms with E-state index in [9.17, 15) is 30.0 Å². The normalized spacial score (nSPS) is 20.0. The van der Waals surface area contributed by atoms with Crippen LogP contribution in [-0.2, 0) is 10.8 Å². The highest BCUT2D eigenvalue weighted by molar-refractivity contribution is 5.99. The molecule has 3 aliphatic carbocycles. The Labute approximate surface area is 268 Å². The van der Waals surface area contributed by atoms with Gasteiger partial charge in [0.2, 0.25) is 0 Å². The number of amides is 2. The van der Waals surface area contributed by atoms with Crippen molar-refractivity contribution in [2.75, 3.05) is 0 Å². The second-order valence-corrected chi connectivity index (χ2v) is 14.5. The number of fused-ring (bicyclic) bond motifs is 1. The Kier molecular flexibility index (Phi) is 7.30. The van der Waals surface area contributed by atoms with Crippen LogP contribution in [0.1, 0.15) is 107 Å². The first kappa shape index (κ1) is 31.0. The lowest BCUT2D eigenvalue weighted by Crippen LogP contribution is -2.61. The van der Waals surface area contributed by atoms with Crippen molar-refractivity contribution in [2.45, 2.75) is 76.3 Å². The standard InChI is InChI=1S/C38H40N2O6/c1-37(2,3)25-17-27(41)23(15-29(25)43)35(45)39-33-31-19-11-7-9-13-21(19)32(22-14-10-8-12-20(22)31)34(33)40-36(46)24-16-30(44)26(18-28(24)42)38(4,5)6/h7-18,31-34,41-44H,1-6H3,(H,39,45)(H,40,46)/t31?,32?,33-,34-/m0/s1. The topological polar surface area (TPSA) is 139 Å². The molecule has 0 aromatic heterocycles. The number of phenolic OH excluding ortho intramolecular Hbond substituents is 4. The van der Waals surface area contributed by atoms with Gasteiger partial charge in [0.15, 0.2) is 0 Å². The molecule has 6 N–H and O–H groups in total. The van der Waals surface area contributed by atoms with Gasteiger partial charge >= 0.3 is 0 Å². The molecule has 4 aromatic rings. The Morgan fingerprint density at radius 1 is 0.522 bits per heavy atom. The quantitative estimate of drug-likeness (QED) is 0.148. The molecule has 0 radical (unpaired) electrons. The van der Waals surface area contributed by atoms with Crippen molar-refractivity contribution < 1.29 is 30.0 Å². The number of nitrogens with one attached hydrogen (secondary N) is 2. The van der Waals surface area contributed by atoms with Gasteiger partial charge < -0.3 is 31.1 Å². The fourth-order valence-electron chi connectivity index (χ4n) is 7.20. The lowest BCUT2D eigenvalue weighted by Gasteiger charge is -2.51. The molecule has 0 spiro atoms. The van der Waals surface area contributed by atoms with E-state index in [-0.39, 0.29) is 46.0 Å². The molecule has 0 unspecified atom stereocenters. The van der Waals surface area contributed by atoms with Crippen molar-refractivity contribution >= 4 is 11.8 Å². The maximum absolute atomic E-state index is 13.9. The first-order valence-electron chi connectivity index (χ1n) is 15.5. The highest BCUT2D eigenvalue weighted by atomic mass is 16.3. The van der Waals surface area contributed by atoms with E-state index in [4.69, 9.17) is 0 Å². The van der Waals surface area contributed by atoms with Gasteiger partial charge in [-0.2, -0.15) is 0 Å². The van der Waals surface area contributed by atoms with Crippen LogP contribution in [0.25, 0.3) is 0 Å². The molecule has 8 nitrogen and oxygen atoms in total. The summed E-state index contributed by atoms with van der Waals surface area (Å²) in [6, 6.07) is 19.9. The van der Waals surface area contributed by atoms with E-state index in [1.165, 1.54) is 24.3 Å². The van der Waals surface area contributed by atoms with Gasteiger partial charge in [0.05, 0.1) is 23.2 Å². The molecule has 7 rings (SSSR count). The van der Waals surface area contributed by atoms with Gasteiger partial charge in [-0.1, -0.05) is 90.1 Å². The van der Waals surface area contributed by atoms with Crippen LogP contribution in [0.3, 0.4) is 0 Å². The smallest absolute Gasteiger partial charge is 0.255 e. The predicted octanol–water partition coefficient (Wildman–Crippen LogP) is 6.29. The summed E-state index contributed by atoms with van der Waals surface area (Å²) >= 11 is 0. The summed E-state index contributed by atoms with van der Waals surface area (Å²) in [5.41, 5.74) is 4.00. The van der Waals surface area contributed by atoms with Crippen LogP contribution in [0.4, 0.5) is 0 Å². The number of phenols is 4. The average Bonchev–Trinajstić information content (AvgIpc) is 2.98. The Morgan fingerprint density at radius 3 is 1.11 bits per heavy atom. The van der Waals surface area contributed by atoms with Crippen molar-refractivity contribution in [1.29, 1.82) is 0 Å². The number of aromatic hydroxyl groups is 4. The summed E-state index contributed by atoms with van der Waals surface area (Å²) in [7, 11) is 0. The summed E-state index contributed by atoms with van der Waals surface area (Å²) in [6.07, 6.45) is 0. The second kappa shape index (κ2) is 10.8. The molecule has 0 aliphatic heterocycles. The van der Waals surface area contributed by atoms with Gasteiger partial charge in [-0.15, -0.1) is 0 Å². The van der Waals surface area contributed by atoms with E-state index < -0.39 is 34.7 Å². The molecule has 46 heavy (non-hydrogen) atoms. The zero-order valence-electron chi connectivity index (χ0n) is 26.8. The van der Waals surface area contributed by atoms with Gasteiger partial charge in [-0.25, -0.2) is 0 Å². The fraction of sp³-hybridized carbons (Fsp3) is 0.316. The molecular weight excluding hydrogens is 580 g/mol. The summed E-state index contributed by atoms with van der Waals surface area (Å²) in [4.78, 5) is 27.8. The minimum atomic E-state index is -0.667. The second-order valence-electron chi connectivity index (χ2n) is 14.5. The van der Waals surface area contributed by atoms with E-state index in [2.05, 4.69) is 10.6 Å². The molecule has 2 atom stereocenters. The minimum absolute atomic E-state index is 0.0843. The molecule has 3 aliphatic rings. The number of carbonyl (C=O) groups is 2. The third kappa shape index (κ3) is 5.11. The van der Waals surface area contributed by atoms with E-state index in [1.54, 1.807) is 0 Å². The van der Waals surface area contributed by atoms with Crippen LogP contribution < -0.4 is 10.6 Å². The summed E-state index contributed by atoms with van der Waals surface area (Å²) in [5, 5.41) is 49.6. The molecule has 0 saturated carbocycles. The van der Waals surface area contributed by atoms with Crippen molar-refractivity contribution in [2.24, 2.45) is 0 Å². The van der Waals surface area contributed by atoms with Crippen LogP contribution in [0.15, 0.2) is 72.8 Å². The summed E-state index contributed by atoms with van der Waals surface area (Å²) in [6.45, 7) is 11.4. The lowest BCUT2D eigenvalue weighted by molar-refractivity contribution is 0.0855. The molecule has 2 bridgehead atoms. The first-order chi connectivity index (χ1) is 21.6. The maximum Gasteiger partial charge on any atom is 0.255 e. The van der Waals surface area contributed by atoms with Crippen molar-refractivity contribution in [3.05, 3.63) is 117 Å². The molecule has 0 saturated heterocycles. The van der Waals surface area contributed by atoms with Gasteiger partial charge in [-0.05, 0) is 57.3 Å². The number of hydrogen-bond acceptors (Lipinski definition) is 6. The van der Waals surface area contributed by atoms with E-state index in [1.807, 2.05) is 90.1 Å². The largest absolute Gasteiger partial charge is 0.508 e. The highest BCUT2D eigenvalue weighted by Gasteiger charge is 2.51. The molecule has 238 valence electrons. The number of hydrogen-bond donors (Lipinski definition) is 6. The van der Waals surface area contributed by atoms with E-state index >= 15 is 0 Å². The monoisotopic (exact) mass is 620 g/mol.